The summed E-state index contributed by atoms with van der Waals surface area (Å²) in [4.78, 5) is 0. The second-order valence-electron chi connectivity index (χ2n) is 6.21. The largest absolute Gasteiger partial charge is 0.496 e. The lowest BCUT2D eigenvalue weighted by Crippen LogP contribution is -2.30. The fourth-order valence-electron chi connectivity index (χ4n) is 3.88. The third-order valence-electron chi connectivity index (χ3n) is 4.91. The summed E-state index contributed by atoms with van der Waals surface area (Å²) in [5, 5.41) is 3.30. The molecule has 5 heteroatoms. The molecular weight excluding hydrogens is 376 g/mol. The molecule has 0 fully saturated rings. The van der Waals surface area contributed by atoms with Gasteiger partial charge < -0.3 is 10.1 Å². The number of ether oxygens (including phenoxy) is 1. The van der Waals surface area contributed by atoms with Gasteiger partial charge in [-0.05, 0) is 42.2 Å². The van der Waals surface area contributed by atoms with Crippen molar-refractivity contribution in [2.45, 2.75) is 18.4 Å². The van der Waals surface area contributed by atoms with Gasteiger partial charge in [-0.1, -0.05) is 28.1 Å². The number of nitrogens with one attached hydrogen (secondary N) is 1. The van der Waals surface area contributed by atoms with Gasteiger partial charge in [-0.25, -0.2) is 8.78 Å². The highest BCUT2D eigenvalue weighted by Gasteiger charge is 2.40. The smallest absolute Gasteiger partial charge is 0.149 e. The Morgan fingerprint density at radius 3 is 2.79 bits per heavy atom. The van der Waals surface area contributed by atoms with E-state index in [1.54, 1.807) is 7.11 Å². The third-order valence-corrected chi connectivity index (χ3v) is 5.41. The van der Waals surface area contributed by atoms with E-state index in [2.05, 4.69) is 33.4 Å². The Bertz CT molecular complexity index is 836. The van der Waals surface area contributed by atoms with Crippen LogP contribution in [0.5, 0.6) is 5.75 Å². The molecule has 2 aromatic rings. The number of rotatable bonds is 2. The van der Waals surface area contributed by atoms with Crippen LogP contribution < -0.4 is 10.1 Å². The molecule has 0 saturated carbocycles. The van der Waals surface area contributed by atoms with Crippen LogP contribution in [-0.4, -0.2) is 7.11 Å². The first-order valence-electron chi connectivity index (χ1n) is 7.84. The highest BCUT2D eigenvalue weighted by Crippen LogP contribution is 2.52. The average molecular weight is 392 g/mol. The second kappa shape index (κ2) is 5.88. The number of hydrogen-bond donors (Lipinski definition) is 1. The summed E-state index contributed by atoms with van der Waals surface area (Å²) in [6.07, 6.45) is 5.00. The van der Waals surface area contributed by atoms with Crippen molar-refractivity contribution in [3.8, 4) is 5.75 Å². The van der Waals surface area contributed by atoms with E-state index in [9.17, 15) is 8.78 Å². The average Bonchev–Trinajstić information content (AvgIpc) is 3.04. The van der Waals surface area contributed by atoms with Gasteiger partial charge in [0.2, 0.25) is 0 Å². The normalized spacial score (nSPS) is 24.2. The SMILES string of the molecule is COc1ccc(Br)cc1[C@H]1Nc2c(F)cc(F)cc2C2C=CCC21. The van der Waals surface area contributed by atoms with Crippen molar-refractivity contribution in [2.24, 2.45) is 5.92 Å². The quantitative estimate of drug-likeness (QED) is 0.676. The Hall–Kier alpha value is -1.88. The van der Waals surface area contributed by atoms with Gasteiger partial charge in [0.05, 0.1) is 18.8 Å². The molecule has 0 bridgehead atoms. The summed E-state index contributed by atoms with van der Waals surface area (Å²) in [5.74, 6) is -0.136. The molecule has 2 aliphatic rings. The van der Waals surface area contributed by atoms with Crippen molar-refractivity contribution >= 4 is 21.6 Å². The first-order chi connectivity index (χ1) is 11.6. The number of benzene rings is 2. The molecule has 24 heavy (non-hydrogen) atoms. The Labute approximate surface area is 147 Å². The van der Waals surface area contributed by atoms with Crippen LogP contribution in [0.25, 0.3) is 0 Å². The Morgan fingerprint density at radius 2 is 2.00 bits per heavy atom. The Kier molecular flexibility index (Phi) is 3.83. The van der Waals surface area contributed by atoms with E-state index in [0.717, 1.165) is 28.3 Å². The predicted molar refractivity (Wildman–Crippen MR) is 93.4 cm³/mol. The van der Waals surface area contributed by atoms with Crippen molar-refractivity contribution in [3.63, 3.8) is 0 Å². The highest BCUT2D eigenvalue weighted by atomic mass is 79.9. The van der Waals surface area contributed by atoms with E-state index in [4.69, 9.17) is 4.74 Å². The van der Waals surface area contributed by atoms with Gasteiger partial charge in [-0.15, -0.1) is 0 Å². The van der Waals surface area contributed by atoms with Crippen LogP contribution in [0.2, 0.25) is 0 Å². The van der Waals surface area contributed by atoms with Crippen LogP contribution >= 0.6 is 15.9 Å². The molecule has 0 radical (unpaired) electrons. The van der Waals surface area contributed by atoms with E-state index < -0.39 is 11.6 Å². The van der Waals surface area contributed by atoms with Crippen molar-refractivity contribution in [3.05, 3.63) is 69.7 Å². The predicted octanol–water partition coefficient (Wildman–Crippen LogP) is 5.56. The maximum absolute atomic E-state index is 14.4. The van der Waals surface area contributed by atoms with Crippen LogP contribution in [0.15, 0.2) is 47.0 Å². The standard InChI is InChI=1S/C19H16BrF2NO/c1-24-17-6-5-10(20)7-15(17)18-13-4-2-3-12(13)14-8-11(21)9-16(22)19(14)23-18/h2-3,5-9,12-13,18,23H,4H2,1H3/t12?,13?,18-/m0/s1. The third kappa shape index (κ3) is 2.42. The summed E-state index contributed by atoms with van der Waals surface area (Å²) in [7, 11) is 1.63. The molecule has 2 nitrogen and oxygen atoms in total. The van der Waals surface area contributed by atoms with E-state index in [-0.39, 0.29) is 17.9 Å². The number of allylic oxidation sites excluding steroid dienone is 2. The lowest BCUT2D eigenvalue weighted by atomic mass is 9.76. The minimum absolute atomic E-state index is 0.000128. The first kappa shape index (κ1) is 15.6. The zero-order valence-electron chi connectivity index (χ0n) is 13.0. The number of anilines is 1. The van der Waals surface area contributed by atoms with Gasteiger partial charge in [0.1, 0.15) is 17.4 Å². The fraction of sp³-hybridized carbons (Fsp3) is 0.263. The zero-order valence-corrected chi connectivity index (χ0v) is 14.6. The lowest BCUT2D eigenvalue weighted by molar-refractivity contribution is 0.378. The zero-order chi connectivity index (χ0) is 16.8. The van der Waals surface area contributed by atoms with Gasteiger partial charge >= 0.3 is 0 Å². The molecule has 1 heterocycles. The highest BCUT2D eigenvalue weighted by molar-refractivity contribution is 9.10. The molecule has 124 valence electrons. The Morgan fingerprint density at radius 1 is 1.17 bits per heavy atom. The van der Waals surface area contributed by atoms with Crippen LogP contribution in [0, 0.1) is 17.6 Å². The molecule has 0 spiro atoms. The number of hydrogen-bond acceptors (Lipinski definition) is 2. The van der Waals surface area contributed by atoms with Gasteiger partial charge in [0, 0.05) is 22.0 Å². The van der Waals surface area contributed by atoms with Gasteiger partial charge in [0.15, 0.2) is 0 Å². The molecule has 4 rings (SSSR count). The molecule has 0 aromatic heterocycles. The van der Waals surface area contributed by atoms with Gasteiger partial charge in [-0.3, -0.25) is 0 Å². The number of fused-ring (bicyclic) bond motifs is 3. The van der Waals surface area contributed by atoms with E-state index >= 15 is 0 Å². The molecule has 2 aromatic carbocycles. The van der Waals surface area contributed by atoms with Crippen LogP contribution in [-0.2, 0) is 0 Å². The second-order valence-corrected chi connectivity index (χ2v) is 7.13. The molecule has 1 aliphatic carbocycles. The molecule has 1 aliphatic heterocycles. The minimum atomic E-state index is -0.553. The van der Waals surface area contributed by atoms with E-state index in [0.29, 0.717) is 11.3 Å². The van der Waals surface area contributed by atoms with E-state index in [1.165, 1.54) is 6.07 Å². The fourth-order valence-corrected chi connectivity index (χ4v) is 4.26. The topological polar surface area (TPSA) is 21.3 Å². The summed E-state index contributed by atoms with van der Waals surface area (Å²) in [5.41, 5.74) is 2.05. The number of halogens is 3. The summed E-state index contributed by atoms with van der Waals surface area (Å²) in [6, 6.07) is 8.07. The molecule has 0 saturated heterocycles. The first-order valence-corrected chi connectivity index (χ1v) is 8.63. The van der Waals surface area contributed by atoms with Crippen LogP contribution in [0.3, 0.4) is 0 Å². The van der Waals surface area contributed by atoms with Crippen molar-refractivity contribution in [1.29, 1.82) is 0 Å². The summed E-state index contributed by atoms with van der Waals surface area (Å²) in [6.45, 7) is 0. The maximum Gasteiger partial charge on any atom is 0.149 e. The minimum Gasteiger partial charge on any atom is -0.496 e. The molecular formula is C19H16BrF2NO. The molecule has 3 atom stereocenters. The van der Waals surface area contributed by atoms with Gasteiger partial charge in [-0.2, -0.15) is 0 Å². The number of methoxy groups -OCH3 is 1. The Balaban J connectivity index is 1.86. The van der Waals surface area contributed by atoms with Crippen molar-refractivity contribution in [1.82, 2.24) is 0 Å². The molecule has 1 N–H and O–H groups in total. The maximum atomic E-state index is 14.4. The van der Waals surface area contributed by atoms with Gasteiger partial charge in [0.25, 0.3) is 0 Å². The lowest BCUT2D eigenvalue weighted by Gasteiger charge is -2.38. The summed E-state index contributed by atoms with van der Waals surface area (Å²) >= 11 is 3.50. The van der Waals surface area contributed by atoms with Crippen molar-refractivity contribution in [2.75, 3.05) is 12.4 Å². The van der Waals surface area contributed by atoms with Crippen molar-refractivity contribution < 1.29 is 13.5 Å². The van der Waals surface area contributed by atoms with E-state index in [1.807, 2.05) is 18.2 Å². The molecule has 2 unspecified atom stereocenters. The molecule has 0 amide bonds. The summed E-state index contributed by atoms with van der Waals surface area (Å²) < 4.78 is 34.5. The van der Waals surface area contributed by atoms with Crippen LogP contribution in [0.1, 0.15) is 29.5 Å². The monoisotopic (exact) mass is 391 g/mol. The van der Waals surface area contributed by atoms with Crippen LogP contribution in [0.4, 0.5) is 14.5 Å².